The second kappa shape index (κ2) is 10.4. The molecule has 34 heavy (non-hydrogen) atoms. The molecule has 1 fully saturated rings. The van der Waals surface area contributed by atoms with Crippen LogP contribution >= 0.6 is 23.1 Å². The number of fused-ring (bicyclic) bond motifs is 4. The van der Waals surface area contributed by atoms with Crippen LogP contribution in [0, 0.1) is 11.3 Å². The van der Waals surface area contributed by atoms with E-state index in [1.165, 1.54) is 15.6 Å². The van der Waals surface area contributed by atoms with Gasteiger partial charge in [0.2, 0.25) is 5.91 Å². The van der Waals surface area contributed by atoms with E-state index in [0.29, 0.717) is 23.5 Å². The zero-order valence-electron chi connectivity index (χ0n) is 20.5. The van der Waals surface area contributed by atoms with Crippen LogP contribution in [-0.2, 0) is 25.4 Å². The highest BCUT2D eigenvalue weighted by Crippen LogP contribution is 2.52. The van der Waals surface area contributed by atoms with E-state index in [2.05, 4.69) is 4.98 Å². The summed E-state index contributed by atoms with van der Waals surface area (Å²) < 4.78 is 14.5. The number of amides is 1. The number of thioether (sulfide) groups is 1. The number of aromatic nitrogens is 1. The van der Waals surface area contributed by atoms with Crippen LogP contribution in [0.5, 0.6) is 0 Å². The van der Waals surface area contributed by atoms with Gasteiger partial charge in [0, 0.05) is 17.7 Å². The second-order valence-corrected chi connectivity index (χ2v) is 12.8. The monoisotopic (exact) mass is 520 g/mol. The van der Waals surface area contributed by atoms with Gasteiger partial charge >= 0.3 is 0 Å². The molecule has 0 spiro atoms. The summed E-state index contributed by atoms with van der Waals surface area (Å²) >= 11 is 2.50. The van der Waals surface area contributed by atoms with Crippen molar-refractivity contribution in [3.8, 4) is 0 Å². The molecular weight excluding hydrogens is 488 g/mol. The van der Waals surface area contributed by atoms with E-state index in [-0.39, 0.29) is 29.1 Å². The predicted molar refractivity (Wildman–Crippen MR) is 141 cm³/mol. The van der Waals surface area contributed by atoms with Gasteiger partial charge in [-0.25, -0.2) is 9.19 Å². The van der Waals surface area contributed by atoms with Crippen LogP contribution in [0.15, 0.2) is 35.3 Å². The summed E-state index contributed by atoms with van der Waals surface area (Å²) in [5.74, 6) is -0.552. The number of carbonyl (C=O) groups is 3. The number of thiazole rings is 1. The molecule has 3 rings (SSSR count). The lowest BCUT2D eigenvalue weighted by Crippen LogP contribution is -2.51. The Morgan fingerprint density at radius 2 is 1.94 bits per heavy atom. The van der Waals surface area contributed by atoms with Gasteiger partial charge in [0.1, 0.15) is 16.0 Å². The zero-order chi connectivity index (χ0) is 25.3. The Kier molecular flexibility index (Phi) is 8.20. The molecule has 0 radical (unpaired) electrons. The highest BCUT2D eigenvalue weighted by molar-refractivity contribution is 8.13. The summed E-state index contributed by atoms with van der Waals surface area (Å²) in [5, 5.41) is 2.46. The minimum absolute atomic E-state index is 0.0145. The number of nitrogens with zero attached hydrogens (tertiary/aromatic N) is 2. The molecule has 4 atom stereocenters. The third-order valence-electron chi connectivity index (χ3n) is 6.82. The topological polar surface area (TPSA) is 84.4 Å². The predicted octanol–water partition coefficient (Wildman–Crippen LogP) is 5.27. The average molecular weight is 521 g/mol. The first-order valence-electron chi connectivity index (χ1n) is 11.3. The summed E-state index contributed by atoms with van der Waals surface area (Å²) in [6.45, 7) is 9.22. The molecule has 2 aliphatic heterocycles. The number of ketones is 1. The molecule has 0 aliphatic carbocycles. The highest BCUT2D eigenvalue weighted by atomic mass is 32.2. The van der Waals surface area contributed by atoms with E-state index in [1.807, 2.05) is 32.2 Å². The summed E-state index contributed by atoms with van der Waals surface area (Å²) in [6.07, 6.45) is 11.4. The van der Waals surface area contributed by atoms with Crippen LogP contribution in [0.4, 0.5) is 0 Å². The maximum absolute atomic E-state index is 14.1. The maximum atomic E-state index is 14.1. The highest BCUT2D eigenvalue weighted by Gasteiger charge is 2.62. The Bertz CT molecular complexity index is 1100. The van der Waals surface area contributed by atoms with Gasteiger partial charge in [0.25, 0.3) is 0 Å². The van der Waals surface area contributed by atoms with Crippen LogP contribution in [0.3, 0.4) is 0 Å². The molecule has 2 aliphatic rings. The minimum Gasteiger partial charge on any atom is -0.294 e. The van der Waals surface area contributed by atoms with E-state index in [0.717, 1.165) is 17.3 Å². The molecule has 4 unspecified atom stereocenters. The first-order valence-corrected chi connectivity index (χ1v) is 14.5. The molecule has 0 aromatic carbocycles. The van der Waals surface area contributed by atoms with Crippen LogP contribution in [0.25, 0.3) is 6.08 Å². The van der Waals surface area contributed by atoms with Gasteiger partial charge in [0.05, 0.1) is 21.9 Å². The van der Waals surface area contributed by atoms with E-state index in [4.69, 9.17) is 0 Å². The molecule has 1 amide bonds. The first-order chi connectivity index (χ1) is 15.9. The third kappa shape index (κ3) is 4.93. The number of allylic oxidation sites excluding steroid dienone is 5. The number of hydrogen-bond acceptors (Lipinski definition) is 7. The Balaban J connectivity index is 2.13. The molecule has 184 valence electrons. The maximum Gasteiger partial charge on any atom is 0.236 e. The van der Waals surface area contributed by atoms with Crippen molar-refractivity contribution in [1.82, 2.24) is 9.29 Å². The number of hydrogen-bond donors (Lipinski definition) is 0. The summed E-state index contributed by atoms with van der Waals surface area (Å²) in [7, 11) is -1.74. The Labute approximate surface area is 212 Å². The Morgan fingerprint density at radius 1 is 1.26 bits per heavy atom. The van der Waals surface area contributed by atoms with E-state index >= 15 is 0 Å². The van der Waals surface area contributed by atoms with Crippen LogP contribution in [0.2, 0.25) is 0 Å². The zero-order valence-corrected chi connectivity index (χ0v) is 22.9. The Hall–Kier alpha value is -1.84. The number of carbonyl (C=O) groups excluding carboxylic acids is 3. The molecule has 1 saturated heterocycles. The molecule has 0 saturated carbocycles. The van der Waals surface area contributed by atoms with E-state index < -0.39 is 27.2 Å². The summed E-state index contributed by atoms with van der Waals surface area (Å²) in [6, 6.07) is -0.480. The van der Waals surface area contributed by atoms with Gasteiger partial charge in [0.15, 0.2) is 10.9 Å². The van der Waals surface area contributed by atoms with Gasteiger partial charge in [-0.05, 0) is 45.1 Å². The lowest BCUT2D eigenvalue weighted by Gasteiger charge is -2.41. The molecular formula is C25H32N2O4S3. The lowest BCUT2D eigenvalue weighted by atomic mass is 9.73. The van der Waals surface area contributed by atoms with Crippen molar-refractivity contribution in [1.29, 1.82) is 0 Å². The van der Waals surface area contributed by atoms with Crippen molar-refractivity contribution >= 4 is 57.0 Å². The summed E-state index contributed by atoms with van der Waals surface area (Å²) in [5.41, 5.74) is 0.686. The van der Waals surface area contributed by atoms with E-state index in [9.17, 15) is 18.6 Å². The lowest BCUT2D eigenvalue weighted by molar-refractivity contribution is -0.127. The minimum atomic E-state index is -1.74. The third-order valence-corrected chi connectivity index (χ3v) is 11.1. The van der Waals surface area contributed by atoms with Gasteiger partial charge in [-0.2, -0.15) is 0 Å². The van der Waals surface area contributed by atoms with E-state index in [1.54, 1.807) is 44.4 Å². The number of rotatable bonds is 2. The quantitative estimate of drug-likeness (QED) is 0.494. The van der Waals surface area contributed by atoms with Crippen molar-refractivity contribution < 1.29 is 18.6 Å². The average Bonchev–Trinajstić information content (AvgIpc) is 3.36. The van der Waals surface area contributed by atoms with Gasteiger partial charge < -0.3 is 0 Å². The van der Waals surface area contributed by atoms with Gasteiger partial charge in [-0.15, -0.1) is 11.3 Å². The van der Waals surface area contributed by atoms with Crippen molar-refractivity contribution in [3.63, 3.8) is 0 Å². The fourth-order valence-corrected chi connectivity index (χ4v) is 8.25. The Morgan fingerprint density at radius 3 is 2.62 bits per heavy atom. The summed E-state index contributed by atoms with van der Waals surface area (Å²) in [4.78, 5) is 43.5. The standard InChI is InChI=1S/C25H32N2O4S3/c1-16-11-12-25(24(4,5)23(30)32-6)14-21(29)27(34(25)31)18(3)22-26-19(15-33-22)9-7-8-10-20(28)17(2)13-16/h7-10,13,15,17-18H,11-12,14H2,1-6H3/b9-7-,10-8+,16-13+. The fourth-order valence-electron chi connectivity index (χ4n) is 4.51. The molecule has 3 heterocycles. The normalized spacial score (nSPS) is 32.1. The smallest absolute Gasteiger partial charge is 0.236 e. The molecule has 1 aromatic rings. The van der Waals surface area contributed by atoms with Crippen molar-refractivity contribution in [2.45, 2.75) is 64.7 Å². The first kappa shape index (κ1) is 26.8. The molecule has 0 N–H and O–H groups in total. The van der Waals surface area contributed by atoms with Crippen LogP contribution in [-0.4, -0.2) is 41.3 Å². The van der Waals surface area contributed by atoms with Crippen molar-refractivity contribution in [3.05, 3.63) is 46.0 Å². The molecule has 6 nitrogen and oxygen atoms in total. The van der Waals surface area contributed by atoms with Gasteiger partial charge in [-0.3, -0.25) is 18.7 Å². The largest absolute Gasteiger partial charge is 0.294 e. The van der Waals surface area contributed by atoms with Crippen molar-refractivity contribution in [2.75, 3.05) is 6.26 Å². The van der Waals surface area contributed by atoms with Crippen LogP contribution in [0.1, 0.15) is 70.6 Å². The molecule has 9 heteroatoms. The van der Waals surface area contributed by atoms with Crippen LogP contribution < -0.4 is 0 Å². The van der Waals surface area contributed by atoms with Gasteiger partial charge in [-0.1, -0.05) is 56.3 Å². The molecule has 1 aromatic heterocycles. The van der Waals surface area contributed by atoms with Crippen molar-refractivity contribution in [2.24, 2.45) is 11.3 Å². The molecule has 4 bridgehead atoms. The fraction of sp³-hybridized carbons (Fsp3) is 0.520. The SMILES string of the molecule is CSC(=O)C(C)(C)C12CC/C(C)=C/C(C)C(=O)/C=C/C=C\c3csc(n3)C(C)N(C(=O)C1)S2=O. The second-order valence-electron chi connectivity index (χ2n) is 9.47.